The van der Waals surface area contributed by atoms with E-state index < -0.39 is 11.2 Å². The molecule has 0 spiro atoms. The summed E-state index contributed by atoms with van der Waals surface area (Å²) in [5.74, 6) is 0.0560. The van der Waals surface area contributed by atoms with Gasteiger partial charge in [-0.2, -0.15) is 0 Å². The number of hydrogen-bond acceptors (Lipinski definition) is 3. The molecule has 0 saturated carbocycles. The lowest BCUT2D eigenvalue weighted by Gasteiger charge is -2.30. The number of carbonyl (C=O) groups is 1. The fourth-order valence-electron chi connectivity index (χ4n) is 3.54. The molecule has 0 aliphatic carbocycles. The molecule has 0 N–H and O–H groups in total. The summed E-state index contributed by atoms with van der Waals surface area (Å²) in [5, 5.41) is 0. The Bertz CT molecular complexity index is 571. The van der Waals surface area contributed by atoms with Crippen LogP contribution >= 0.6 is 0 Å². The van der Waals surface area contributed by atoms with E-state index in [9.17, 15) is 9.18 Å². The van der Waals surface area contributed by atoms with Gasteiger partial charge in [0, 0.05) is 12.8 Å². The van der Waals surface area contributed by atoms with Crippen LogP contribution in [0.2, 0.25) is 0 Å². The summed E-state index contributed by atoms with van der Waals surface area (Å²) in [5.41, 5.74) is -0.443. The Labute approximate surface area is 124 Å². The van der Waals surface area contributed by atoms with Crippen molar-refractivity contribution >= 4 is 5.78 Å². The lowest BCUT2D eigenvalue weighted by atomic mass is 9.74. The molecule has 3 atom stereocenters. The van der Waals surface area contributed by atoms with Gasteiger partial charge in [-0.1, -0.05) is 26.0 Å². The Balaban J connectivity index is 1.72. The van der Waals surface area contributed by atoms with E-state index in [0.717, 1.165) is 5.56 Å². The van der Waals surface area contributed by atoms with Crippen molar-refractivity contribution in [2.45, 2.75) is 57.5 Å². The molecule has 4 heteroatoms. The van der Waals surface area contributed by atoms with Crippen LogP contribution in [0.5, 0.6) is 0 Å². The van der Waals surface area contributed by atoms with Crippen molar-refractivity contribution < 1.29 is 18.7 Å². The second-order valence-corrected chi connectivity index (χ2v) is 6.69. The summed E-state index contributed by atoms with van der Waals surface area (Å²) >= 11 is 0. The second kappa shape index (κ2) is 4.89. The molecule has 1 aromatic carbocycles. The molecular weight excluding hydrogens is 271 g/mol. The summed E-state index contributed by atoms with van der Waals surface area (Å²) in [6, 6.07) is 6.40. The Kier molecular flexibility index (Phi) is 3.41. The van der Waals surface area contributed by atoms with Crippen molar-refractivity contribution in [3.8, 4) is 0 Å². The third kappa shape index (κ3) is 2.30. The van der Waals surface area contributed by atoms with E-state index in [2.05, 4.69) is 0 Å². The van der Waals surface area contributed by atoms with Crippen molar-refractivity contribution in [1.82, 2.24) is 0 Å². The second-order valence-electron chi connectivity index (χ2n) is 6.69. The van der Waals surface area contributed by atoms with Crippen LogP contribution in [-0.4, -0.2) is 23.1 Å². The van der Waals surface area contributed by atoms with Crippen molar-refractivity contribution in [2.24, 2.45) is 5.92 Å². The molecule has 114 valence electrons. The van der Waals surface area contributed by atoms with Crippen LogP contribution < -0.4 is 0 Å². The number of carbonyl (C=O) groups excluding carboxylic acids is 1. The highest BCUT2D eigenvalue weighted by atomic mass is 19.1. The van der Waals surface area contributed by atoms with Gasteiger partial charge in [-0.05, 0) is 30.5 Å². The van der Waals surface area contributed by atoms with Gasteiger partial charge in [0.25, 0.3) is 0 Å². The average Bonchev–Trinajstić information content (AvgIpc) is 2.84. The van der Waals surface area contributed by atoms with Gasteiger partial charge < -0.3 is 9.47 Å². The van der Waals surface area contributed by atoms with Crippen LogP contribution in [0.1, 0.15) is 39.2 Å². The average molecular weight is 292 g/mol. The van der Waals surface area contributed by atoms with Crippen molar-refractivity contribution in [3.05, 3.63) is 35.6 Å². The Hall–Kier alpha value is -1.26. The number of benzene rings is 1. The molecule has 3 nitrogen and oxygen atoms in total. The number of ketones is 1. The van der Waals surface area contributed by atoms with Crippen LogP contribution in [-0.2, 0) is 20.9 Å². The minimum absolute atomic E-state index is 0.124. The lowest BCUT2D eigenvalue weighted by molar-refractivity contribution is -0.136. The molecule has 2 bridgehead atoms. The van der Waals surface area contributed by atoms with Crippen LogP contribution in [0.15, 0.2) is 24.3 Å². The highest BCUT2D eigenvalue weighted by Gasteiger charge is 2.65. The molecule has 3 rings (SSSR count). The molecule has 2 fully saturated rings. The van der Waals surface area contributed by atoms with Crippen LogP contribution in [0.4, 0.5) is 4.39 Å². The van der Waals surface area contributed by atoms with Gasteiger partial charge in [0.2, 0.25) is 0 Å². The third-order valence-electron chi connectivity index (χ3n) is 4.84. The summed E-state index contributed by atoms with van der Waals surface area (Å²) in [6.45, 7) is 6.30. The standard InChI is InChI=1S/C17H21FO3/c1-11(2)17-9-15(16(3,21-17)8-14(17)19)20-10-12-5-4-6-13(18)7-12/h4-7,11,15H,8-10H2,1-3H3/t15-,16+,17-/m1/s1. The number of hydrogen-bond donors (Lipinski definition) is 0. The number of fused-ring (bicyclic) bond motifs is 2. The Morgan fingerprint density at radius 3 is 2.86 bits per heavy atom. The van der Waals surface area contributed by atoms with Gasteiger partial charge in [-0.15, -0.1) is 0 Å². The highest BCUT2D eigenvalue weighted by molar-refractivity contribution is 5.92. The van der Waals surface area contributed by atoms with Crippen molar-refractivity contribution in [3.63, 3.8) is 0 Å². The van der Waals surface area contributed by atoms with Crippen LogP contribution in [0.25, 0.3) is 0 Å². The molecule has 1 aromatic rings. The molecule has 0 radical (unpaired) electrons. The maximum Gasteiger partial charge on any atom is 0.167 e. The van der Waals surface area contributed by atoms with Gasteiger partial charge >= 0.3 is 0 Å². The summed E-state index contributed by atoms with van der Waals surface area (Å²) < 4.78 is 25.2. The Morgan fingerprint density at radius 1 is 1.48 bits per heavy atom. The number of Topliss-reactive ketones (excluding diaryl/α,β-unsaturated/α-hetero) is 1. The molecule has 2 heterocycles. The first-order valence-corrected chi connectivity index (χ1v) is 7.45. The molecule has 2 aliphatic rings. The lowest BCUT2D eigenvalue weighted by Crippen LogP contribution is -2.44. The normalized spacial score (nSPS) is 34.9. The Morgan fingerprint density at radius 2 is 2.24 bits per heavy atom. The maximum atomic E-state index is 13.2. The van der Waals surface area contributed by atoms with Gasteiger partial charge in [-0.3, -0.25) is 4.79 Å². The van der Waals surface area contributed by atoms with Crippen molar-refractivity contribution in [1.29, 1.82) is 0 Å². The van der Waals surface area contributed by atoms with Gasteiger partial charge in [0.15, 0.2) is 5.78 Å². The molecule has 21 heavy (non-hydrogen) atoms. The fraction of sp³-hybridized carbons (Fsp3) is 0.588. The van der Waals surface area contributed by atoms with Gasteiger partial charge in [0.1, 0.15) is 11.4 Å². The molecule has 2 aliphatic heterocycles. The monoisotopic (exact) mass is 292 g/mol. The van der Waals surface area contributed by atoms with E-state index in [4.69, 9.17) is 9.47 Å². The van der Waals surface area contributed by atoms with Crippen molar-refractivity contribution in [2.75, 3.05) is 0 Å². The number of halogens is 1. The first-order chi connectivity index (χ1) is 9.86. The van der Waals surface area contributed by atoms with Crippen LogP contribution in [0.3, 0.4) is 0 Å². The third-order valence-corrected chi connectivity index (χ3v) is 4.84. The topological polar surface area (TPSA) is 35.5 Å². The fourth-order valence-corrected chi connectivity index (χ4v) is 3.54. The largest absolute Gasteiger partial charge is 0.370 e. The summed E-state index contributed by atoms with van der Waals surface area (Å²) in [4.78, 5) is 12.2. The van der Waals surface area contributed by atoms with E-state index in [1.165, 1.54) is 12.1 Å². The first kappa shape index (κ1) is 14.7. The summed E-state index contributed by atoms with van der Waals surface area (Å²) in [6.07, 6.45) is 0.870. The summed E-state index contributed by atoms with van der Waals surface area (Å²) in [7, 11) is 0. The zero-order valence-electron chi connectivity index (χ0n) is 12.7. The maximum absolute atomic E-state index is 13.2. The van der Waals surface area contributed by atoms with E-state index in [1.807, 2.05) is 26.8 Å². The van der Waals surface area contributed by atoms with Gasteiger partial charge in [-0.25, -0.2) is 4.39 Å². The van der Waals surface area contributed by atoms with E-state index >= 15 is 0 Å². The molecular formula is C17H21FO3. The predicted octanol–water partition coefficient (Wildman–Crippen LogP) is 3.26. The number of ether oxygens (including phenoxy) is 2. The van der Waals surface area contributed by atoms with E-state index in [-0.39, 0.29) is 23.6 Å². The zero-order valence-corrected chi connectivity index (χ0v) is 12.7. The molecule has 0 amide bonds. The SMILES string of the molecule is CC(C)[C@]12C[C@@H](OCc3cccc(F)c3)[C@](C)(CC1=O)O2. The number of rotatable bonds is 4. The molecule has 0 unspecified atom stereocenters. The minimum atomic E-state index is -0.693. The highest BCUT2D eigenvalue weighted by Crippen LogP contribution is 2.53. The van der Waals surface area contributed by atoms with Gasteiger partial charge in [0.05, 0.1) is 18.3 Å². The zero-order chi connectivity index (χ0) is 15.3. The minimum Gasteiger partial charge on any atom is -0.370 e. The molecule has 2 saturated heterocycles. The quantitative estimate of drug-likeness (QED) is 0.854. The smallest absolute Gasteiger partial charge is 0.167 e. The van der Waals surface area contributed by atoms with Crippen LogP contribution in [0, 0.1) is 11.7 Å². The van der Waals surface area contributed by atoms with E-state index in [1.54, 1.807) is 6.07 Å². The molecule has 0 aromatic heterocycles. The first-order valence-electron chi connectivity index (χ1n) is 7.45. The predicted molar refractivity (Wildman–Crippen MR) is 76.3 cm³/mol. The van der Waals surface area contributed by atoms with E-state index in [0.29, 0.717) is 19.4 Å².